The second kappa shape index (κ2) is 5.36. The maximum atomic E-state index is 12.3. The highest BCUT2D eigenvalue weighted by Gasteiger charge is 2.49. The van der Waals surface area contributed by atoms with Crippen molar-refractivity contribution in [3.63, 3.8) is 0 Å². The molecule has 0 bridgehead atoms. The van der Waals surface area contributed by atoms with Crippen LogP contribution in [0.25, 0.3) is 10.9 Å². The van der Waals surface area contributed by atoms with E-state index >= 15 is 0 Å². The lowest BCUT2D eigenvalue weighted by atomic mass is 9.78. The average molecular weight is 275 g/mol. The number of aromatic nitrogens is 1. The highest BCUT2D eigenvalue weighted by atomic mass is 16.5. The topological polar surface area (TPSA) is 68.4 Å². The Morgan fingerprint density at radius 2 is 1.75 bits per heavy atom. The molecule has 1 aromatic carbocycles. The van der Waals surface area contributed by atoms with Crippen molar-refractivity contribution in [3.05, 3.63) is 36.0 Å². The number of hydrogen-bond acceptors (Lipinski definition) is 4. The number of para-hydroxylation sites is 1. The Morgan fingerprint density at radius 3 is 2.30 bits per heavy atom. The third-order valence-electron chi connectivity index (χ3n) is 3.65. The first-order valence-electron chi connectivity index (χ1n) is 6.35. The number of esters is 2. The number of nitrogens with one attached hydrogen (secondary N) is 1. The van der Waals surface area contributed by atoms with Gasteiger partial charge in [-0.3, -0.25) is 9.59 Å². The van der Waals surface area contributed by atoms with E-state index in [-0.39, 0.29) is 6.42 Å². The molecule has 5 nitrogen and oxygen atoms in total. The average Bonchev–Trinajstić information content (AvgIpc) is 2.92. The fourth-order valence-corrected chi connectivity index (χ4v) is 2.56. The number of benzene rings is 1. The van der Waals surface area contributed by atoms with Gasteiger partial charge in [0.25, 0.3) is 0 Å². The predicted molar refractivity (Wildman–Crippen MR) is 74.3 cm³/mol. The molecule has 0 saturated carbocycles. The lowest BCUT2D eigenvalue weighted by Gasteiger charge is -2.26. The number of carbonyl (C=O) groups excluding carboxylic acids is 2. The lowest BCUT2D eigenvalue weighted by molar-refractivity contribution is -0.162. The van der Waals surface area contributed by atoms with Crippen LogP contribution in [-0.4, -0.2) is 31.1 Å². The molecule has 20 heavy (non-hydrogen) atoms. The molecule has 0 aliphatic heterocycles. The first-order chi connectivity index (χ1) is 9.61. The zero-order valence-corrected chi connectivity index (χ0v) is 11.7. The van der Waals surface area contributed by atoms with E-state index in [1.807, 2.05) is 24.3 Å². The molecule has 0 saturated heterocycles. The zero-order chi connectivity index (χ0) is 14.8. The molecule has 1 heterocycles. The summed E-state index contributed by atoms with van der Waals surface area (Å²) in [6.45, 7) is 1.76. The van der Waals surface area contributed by atoms with Gasteiger partial charge in [0.15, 0.2) is 5.41 Å². The van der Waals surface area contributed by atoms with Gasteiger partial charge in [-0.25, -0.2) is 0 Å². The molecular weight excluding hydrogens is 258 g/mol. The fourth-order valence-electron chi connectivity index (χ4n) is 2.56. The number of hydrogen-bond donors (Lipinski definition) is 1. The van der Waals surface area contributed by atoms with Crippen LogP contribution < -0.4 is 0 Å². The van der Waals surface area contributed by atoms with Gasteiger partial charge in [0.2, 0.25) is 0 Å². The second-order valence-corrected chi connectivity index (χ2v) is 4.49. The summed E-state index contributed by atoms with van der Waals surface area (Å²) >= 11 is 0. The van der Waals surface area contributed by atoms with E-state index in [1.165, 1.54) is 14.2 Å². The molecule has 0 radical (unpaired) electrons. The van der Waals surface area contributed by atoms with Gasteiger partial charge in [0.05, 0.1) is 14.2 Å². The maximum Gasteiger partial charge on any atom is 0.327 e. The molecule has 0 aliphatic rings. The van der Waals surface area contributed by atoms with Crippen molar-refractivity contribution >= 4 is 22.8 Å². The number of ether oxygens (including phenoxy) is 2. The molecule has 0 atom stereocenters. The van der Waals surface area contributed by atoms with Gasteiger partial charge in [0.1, 0.15) is 0 Å². The first-order valence-corrected chi connectivity index (χ1v) is 6.35. The number of aromatic amines is 1. The number of fused-ring (bicyclic) bond motifs is 1. The van der Waals surface area contributed by atoms with E-state index in [4.69, 9.17) is 9.47 Å². The van der Waals surface area contributed by atoms with Crippen LogP contribution in [0.4, 0.5) is 0 Å². The van der Waals surface area contributed by atoms with Crippen LogP contribution in [0, 0.1) is 0 Å². The Hall–Kier alpha value is -2.30. The van der Waals surface area contributed by atoms with Gasteiger partial charge in [-0.05, 0) is 12.5 Å². The molecule has 0 unspecified atom stereocenters. The summed E-state index contributed by atoms with van der Waals surface area (Å²) in [6.07, 6.45) is 1.93. The van der Waals surface area contributed by atoms with Crippen molar-refractivity contribution in [2.45, 2.75) is 18.8 Å². The fraction of sp³-hybridized carbons (Fsp3) is 0.333. The summed E-state index contributed by atoms with van der Waals surface area (Å²) in [6, 6.07) is 7.48. The smallest absolute Gasteiger partial charge is 0.327 e. The summed E-state index contributed by atoms with van der Waals surface area (Å²) in [7, 11) is 2.54. The lowest BCUT2D eigenvalue weighted by Crippen LogP contribution is -2.44. The number of methoxy groups -OCH3 is 2. The first kappa shape index (κ1) is 14.1. The van der Waals surface area contributed by atoms with Crippen LogP contribution in [0.15, 0.2) is 30.5 Å². The standard InChI is InChI=1S/C15H17NO4/c1-4-15(13(17)19-2,14(18)20-3)11-9-16-12-8-6-5-7-10(11)12/h5-9,16H,4H2,1-3H3. The quantitative estimate of drug-likeness (QED) is 0.686. The van der Waals surface area contributed by atoms with Crippen LogP contribution in [0.3, 0.4) is 0 Å². The van der Waals surface area contributed by atoms with Crippen LogP contribution in [0.5, 0.6) is 0 Å². The van der Waals surface area contributed by atoms with Gasteiger partial charge < -0.3 is 14.5 Å². The summed E-state index contributed by atoms with van der Waals surface area (Å²) in [5, 5.41) is 0.810. The number of rotatable bonds is 4. The van der Waals surface area contributed by atoms with E-state index in [1.54, 1.807) is 13.1 Å². The molecule has 1 aromatic heterocycles. The van der Waals surface area contributed by atoms with Gasteiger partial charge in [-0.2, -0.15) is 0 Å². The molecule has 5 heteroatoms. The molecule has 0 amide bonds. The highest BCUT2D eigenvalue weighted by Crippen LogP contribution is 2.36. The molecule has 0 spiro atoms. The van der Waals surface area contributed by atoms with Crippen LogP contribution >= 0.6 is 0 Å². The Labute approximate surface area is 116 Å². The second-order valence-electron chi connectivity index (χ2n) is 4.49. The minimum atomic E-state index is -1.44. The Bertz CT molecular complexity index is 628. The number of H-pyrrole nitrogens is 1. The molecular formula is C15H17NO4. The summed E-state index contributed by atoms with van der Waals surface area (Å²) < 4.78 is 9.70. The van der Waals surface area contributed by atoms with E-state index in [2.05, 4.69) is 4.98 Å². The largest absolute Gasteiger partial charge is 0.468 e. The Morgan fingerprint density at radius 1 is 1.15 bits per heavy atom. The molecule has 0 aliphatic carbocycles. The van der Waals surface area contributed by atoms with Crippen LogP contribution in [-0.2, 0) is 24.5 Å². The monoisotopic (exact) mass is 275 g/mol. The van der Waals surface area contributed by atoms with Crippen molar-refractivity contribution in [2.24, 2.45) is 0 Å². The number of carbonyl (C=O) groups is 2. The molecule has 1 N–H and O–H groups in total. The van der Waals surface area contributed by atoms with Crippen LogP contribution in [0.1, 0.15) is 18.9 Å². The Kier molecular flexibility index (Phi) is 3.79. The minimum absolute atomic E-state index is 0.258. The van der Waals surface area contributed by atoms with Crippen LogP contribution in [0.2, 0.25) is 0 Å². The molecule has 2 rings (SSSR count). The SMILES string of the molecule is CCC(C(=O)OC)(C(=O)OC)c1c[nH]c2ccccc12. The maximum absolute atomic E-state index is 12.3. The molecule has 106 valence electrons. The zero-order valence-electron chi connectivity index (χ0n) is 11.7. The van der Waals surface area contributed by atoms with E-state index < -0.39 is 17.4 Å². The van der Waals surface area contributed by atoms with Gasteiger partial charge in [-0.15, -0.1) is 0 Å². The van der Waals surface area contributed by atoms with Gasteiger partial charge in [-0.1, -0.05) is 25.1 Å². The van der Waals surface area contributed by atoms with Crippen molar-refractivity contribution in [3.8, 4) is 0 Å². The molecule has 0 fully saturated rings. The normalized spacial score (nSPS) is 11.3. The summed E-state index contributed by atoms with van der Waals surface area (Å²) in [4.78, 5) is 27.6. The minimum Gasteiger partial charge on any atom is -0.468 e. The van der Waals surface area contributed by atoms with Crippen molar-refractivity contribution < 1.29 is 19.1 Å². The van der Waals surface area contributed by atoms with Crippen molar-refractivity contribution in [1.82, 2.24) is 4.98 Å². The summed E-state index contributed by atoms with van der Waals surface area (Å²) in [5.74, 6) is -1.23. The third kappa shape index (κ3) is 1.86. The van der Waals surface area contributed by atoms with Gasteiger partial charge in [0, 0.05) is 22.7 Å². The predicted octanol–water partition coefficient (Wildman–Crippen LogP) is 2.16. The Balaban J connectivity index is 2.74. The van der Waals surface area contributed by atoms with E-state index in [0.29, 0.717) is 5.56 Å². The van der Waals surface area contributed by atoms with Crippen molar-refractivity contribution in [2.75, 3.05) is 14.2 Å². The third-order valence-corrected chi connectivity index (χ3v) is 3.65. The highest BCUT2D eigenvalue weighted by molar-refractivity contribution is 6.09. The van der Waals surface area contributed by atoms with E-state index in [9.17, 15) is 9.59 Å². The van der Waals surface area contributed by atoms with Crippen molar-refractivity contribution in [1.29, 1.82) is 0 Å². The van der Waals surface area contributed by atoms with E-state index in [0.717, 1.165) is 10.9 Å². The van der Waals surface area contributed by atoms with Gasteiger partial charge >= 0.3 is 11.9 Å². The molecule has 2 aromatic rings. The summed E-state index contributed by atoms with van der Waals surface area (Å²) in [5.41, 5.74) is -0.00856.